The predicted molar refractivity (Wildman–Crippen MR) is 65.3 cm³/mol. The van der Waals surface area contributed by atoms with Gasteiger partial charge in [0, 0.05) is 19.1 Å². The number of pyridine rings is 1. The normalized spacial score (nSPS) is 24.6. The molecule has 1 aromatic rings. The number of ether oxygens (including phenoxy) is 1. The van der Waals surface area contributed by atoms with Crippen molar-refractivity contribution in [1.29, 1.82) is 0 Å². The predicted octanol–water partition coefficient (Wildman–Crippen LogP) is 1.89. The molecule has 1 saturated heterocycles. The summed E-state index contributed by atoms with van der Waals surface area (Å²) < 4.78 is 5.64. The summed E-state index contributed by atoms with van der Waals surface area (Å²) in [5.41, 5.74) is 6.27. The number of nitrogens with two attached hydrogens (primary N) is 1. The maximum atomic E-state index is 5.64. The zero-order chi connectivity index (χ0) is 11.4. The minimum absolute atomic E-state index is 0.404. The maximum Gasteiger partial charge on any atom is 0.126 e. The van der Waals surface area contributed by atoms with Gasteiger partial charge >= 0.3 is 0 Å². The molecule has 2 unspecified atom stereocenters. The lowest BCUT2D eigenvalue weighted by molar-refractivity contribution is 0.0900. The highest BCUT2D eigenvalue weighted by Gasteiger charge is 2.26. The average Bonchev–Trinajstić information content (AvgIpc) is 2.76. The molecule has 2 rings (SSSR count). The van der Waals surface area contributed by atoms with Gasteiger partial charge < -0.3 is 15.8 Å². The van der Waals surface area contributed by atoms with Crippen LogP contribution < -0.4 is 11.1 Å². The van der Waals surface area contributed by atoms with Gasteiger partial charge in [0.25, 0.3) is 0 Å². The van der Waals surface area contributed by atoms with Crippen LogP contribution in [-0.4, -0.2) is 24.2 Å². The Kier molecular flexibility index (Phi) is 3.62. The van der Waals surface area contributed by atoms with E-state index < -0.39 is 0 Å². The van der Waals surface area contributed by atoms with Gasteiger partial charge in [-0.25, -0.2) is 4.98 Å². The van der Waals surface area contributed by atoms with Gasteiger partial charge in [-0.05, 0) is 25.0 Å². The minimum atomic E-state index is 0.404. The number of hydrogen-bond acceptors (Lipinski definition) is 4. The lowest BCUT2D eigenvalue weighted by Gasteiger charge is -2.17. The van der Waals surface area contributed by atoms with Crippen LogP contribution in [0.25, 0.3) is 0 Å². The van der Waals surface area contributed by atoms with Crippen molar-refractivity contribution in [3.63, 3.8) is 0 Å². The molecule has 2 heterocycles. The van der Waals surface area contributed by atoms with Crippen LogP contribution in [0.1, 0.15) is 19.8 Å². The van der Waals surface area contributed by atoms with Gasteiger partial charge in [0.2, 0.25) is 0 Å². The third-order valence-corrected chi connectivity index (χ3v) is 3.08. The van der Waals surface area contributed by atoms with Crippen LogP contribution in [0, 0.1) is 5.92 Å². The highest BCUT2D eigenvalue weighted by Crippen LogP contribution is 2.23. The lowest BCUT2D eigenvalue weighted by atomic mass is 10.00. The van der Waals surface area contributed by atoms with E-state index in [0.717, 1.165) is 31.8 Å². The molecule has 1 aliphatic rings. The number of anilines is 2. The Morgan fingerprint density at radius 2 is 2.44 bits per heavy atom. The van der Waals surface area contributed by atoms with Crippen LogP contribution in [0.5, 0.6) is 0 Å². The van der Waals surface area contributed by atoms with Crippen LogP contribution in [0.4, 0.5) is 11.5 Å². The van der Waals surface area contributed by atoms with E-state index in [1.165, 1.54) is 0 Å². The molecular weight excluding hydrogens is 202 g/mol. The molecule has 3 N–H and O–H groups in total. The average molecular weight is 221 g/mol. The van der Waals surface area contributed by atoms with Crippen molar-refractivity contribution < 1.29 is 4.74 Å². The Morgan fingerprint density at radius 1 is 1.56 bits per heavy atom. The van der Waals surface area contributed by atoms with Crippen LogP contribution in [0.2, 0.25) is 0 Å². The first-order chi connectivity index (χ1) is 7.79. The zero-order valence-corrected chi connectivity index (χ0v) is 9.65. The monoisotopic (exact) mass is 221 g/mol. The van der Waals surface area contributed by atoms with E-state index >= 15 is 0 Å². The van der Waals surface area contributed by atoms with Gasteiger partial charge in [-0.3, -0.25) is 0 Å². The Balaban J connectivity index is 1.85. The molecule has 0 amide bonds. The summed E-state index contributed by atoms with van der Waals surface area (Å²) >= 11 is 0. The second-order valence-electron chi connectivity index (χ2n) is 4.22. The molecule has 0 saturated carbocycles. The van der Waals surface area contributed by atoms with Crippen LogP contribution in [0.15, 0.2) is 18.3 Å². The molecule has 16 heavy (non-hydrogen) atoms. The van der Waals surface area contributed by atoms with E-state index in [9.17, 15) is 0 Å². The Labute approximate surface area is 96.2 Å². The van der Waals surface area contributed by atoms with Crippen molar-refractivity contribution in [1.82, 2.24) is 4.98 Å². The summed E-state index contributed by atoms with van der Waals surface area (Å²) in [5.74, 6) is 1.49. The molecular formula is C12H19N3O. The largest absolute Gasteiger partial charge is 0.397 e. The quantitative estimate of drug-likeness (QED) is 0.815. The van der Waals surface area contributed by atoms with Crippen molar-refractivity contribution in [2.75, 3.05) is 24.2 Å². The first-order valence-corrected chi connectivity index (χ1v) is 5.86. The molecule has 0 bridgehead atoms. The van der Waals surface area contributed by atoms with Gasteiger partial charge in [0.15, 0.2) is 0 Å². The molecule has 1 fully saturated rings. The maximum absolute atomic E-state index is 5.64. The van der Waals surface area contributed by atoms with E-state index in [1.54, 1.807) is 6.20 Å². The number of hydrogen-bond donors (Lipinski definition) is 2. The first-order valence-electron chi connectivity index (χ1n) is 5.86. The van der Waals surface area contributed by atoms with Gasteiger partial charge in [-0.2, -0.15) is 0 Å². The first kappa shape index (κ1) is 11.2. The molecule has 2 atom stereocenters. The molecule has 88 valence electrons. The SMILES string of the molecule is CCC1OCCC1CNc1ccc(N)cn1. The molecule has 0 radical (unpaired) electrons. The summed E-state index contributed by atoms with van der Waals surface area (Å²) in [6.45, 7) is 3.99. The second-order valence-corrected chi connectivity index (χ2v) is 4.22. The van der Waals surface area contributed by atoms with E-state index in [4.69, 9.17) is 10.5 Å². The standard InChI is InChI=1S/C12H19N3O/c1-2-11-9(5-6-16-11)7-14-12-4-3-10(13)8-15-12/h3-4,8-9,11H,2,5-7,13H2,1H3,(H,14,15). The molecule has 0 spiro atoms. The summed E-state index contributed by atoms with van der Waals surface area (Å²) in [6.07, 6.45) is 4.30. The summed E-state index contributed by atoms with van der Waals surface area (Å²) in [5, 5.41) is 3.33. The van der Waals surface area contributed by atoms with E-state index in [-0.39, 0.29) is 0 Å². The molecule has 4 heteroatoms. The number of nitrogens with one attached hydrogen (secondary N) is 1. The third kappa shape index (κ3) is 2.64. The van der Waals surface area contributed by atoms with Crippen molar-refractivity contribution >= 4 is 11.5 Å². The number of aromatic nitrogens is 1. The van der Waals surface area contributed by atoms with Crippen molar-refractivity contribution in [2.24, 2.45) is 5.92 Å². The smallest absolute Gasteiger partial charge is 0.126 e. The lowest BCUT2D eigenvalue weighted by Crippen LogP contribution is -2.23. The number of nitrogens with zero attached hydrogens (tertiary/aromatic N) is 1. The van der Waals surface area contributed by atoms with Crippen molar-refractivity contribution in [3.05, 3.63) is 18.3 Å². The van der Waals surface area contributed by atoms with Crippen LogP contribution >= 0.6 is 0 Å². The highest BCUT2D eigenvalue weighted by atomic mass is 16.5. The van der Waals surface area contributed by atoms with E-state index in [2.05, 4.69) is 17.2 Å². The highest BCUT2D eigenvalue weighted by molar-refractivity contribution is 5.43. The Morgan fingerprint density at radius 3 is 3.12 bits per heavy atom. The van der Waals surface area contributed by atoms with Gasteiger partial charge in [-0.1, -0.05) is 6.92 Å². The van der Waals surface area contributed by atoms with Crippen LogP contribution in [0.3, 0.4) is 0 Å². The van der Waals surface area contributed by atoms with Crippen molar-refractivity contribution in [3.8, 4) is 0 Å². The van der Waals surface area contributed by atoms with E-state index in [0.29, 0.717) is 17.7 Å². The fourth-order valence-electron chi connectivity index (χ4n) is 2.12. The van der Waals surface area contributed by atoms with Gasteiger partial charge in [0.05, 0.1) is 18.0 Å². The summed E-state index contributed by atoms with van der Waals surface area (Å²) in [7, 11) is 0. The summed E-state index contributed by atoms with van der Waals surface area (Å²) in [4.78, 5) is 4.21. The van der Waals surface area contributed by atoms with Gasteiger partial charge in [-0.15, -0.1) is 0 Å². The summed E-state index contributed by atoms with van der Waals surface area (Å²) in [6, 6.07) is 3.77. The Hall–Kier alpha value is -1.29. The second kappa shape index (κ2) is 5.16. The van der Waals surface area contributed by atoms with Crippen LogP contribution in [-0.2, 0) is 4.74 Å². The fourth-order valence-corrected chi connectivity index (χ4v) is 2.12. The fraction of sp³-hybridized carbons (Fsp3) is 0.583. The van der Waals surface area contributed by atoms with E-state index in [1.807, 2.05) is 12.1 Å². The number of nitrogen functional groups attached to an aromatic ring is 1. The van der Waals surface area contributed by atoms with Gasteiger partial charge in [0.1, 0.15) is 5.82 Å². The topological polar surface area (TPSA) is 60.2 Å². The minimum Gasteiger partial charge on any atom is -0.397 e. The third-order valence-electron chi connectivity index (χ3n) is 3.08. The molecule has 0 aromatic carbocycles. The zero-order valence-electron chi connectivity index (χ0n) is 9.65. The molecule has 4 nitrogen and oxygen atoms in total. The Bertz CT molecular complexity index is 326. The molecule has 0 aliphatic carbocycles. The van der Waals surface area contributed by atoms with Crippen molar-refractivity contribution in [2.45, 2.75) is 25.9 Å². The number of rotatable bonds is 4. The molecule has 1 aromatic heterocycles. The molecule has 1 aliphatic heterocycles.